The molecule has 0 saturated heterocycles. The van der Waals surface area contributed by atoms with Crippen LogP contribution in [0.4, 0.5) is 8.78 Å². The minimum absolute atomic E-state index is 0.233. The Hall–Kier alpha value is -1.01. The molecule has 0 saturated carbocycles. The molecule has 1 heterocycles. The second-order valence-electron chi connectivity index (χ2n) is 4.42. The highest BCUT2D eigenvalue weighted by atomic mass is 19.3. The highest BCUT2D eigenvalue weighted by Crippen LogP contribution is 2.06. The van der Waals surface area contributed by atoms with Gasteiger partial charge in [0.2, 0.25) is 0 Å². The van der Waals surface area contributed by atoms with Gasteiger partial charge in [0.25, 0.3) is 6.43 Å². The third kappa shape index (κ3) is 6.63. The van der Waals surface area contributed by atoms with Crippen LogP contribution < -0.4 is 5.32 Å². The molecule has 19 heavy (non-hydrogen) atoms. The minimum Gasteiger partial charge on any atom is -0.375 e. The zero-order chi connectivity index (χ0) is 14.1. The van der Waals surface area contributed by atoms with E-state index in [4.69, 9.17) is 4.74 Å². The molecule has 1 rings (SSSR count). The predicted octanol–water partition coefficient (Wildman–Crippen LogP) is 2.10. The van der Waals surface area contributed by atoms with Gasteiger partial charge in [-0.05, 0) is 31.9 Å². The molecule has 4 nitrogen and oxygen atoms in total. The Morgan fingerprint density at radius 3 is 2.79 bits per heavy atom. The van der Waals surface area contributed by atoms with Crippen LogP contribution in [-0.4, -0.2) is 42.0 Å². The average Bonchev–Trinajstić information content (AvgIpc) is 2.82. The van der Waals surface area contributed by atoms with Crippen molar-refractivity contribution < 1.29 is 13.5 Å². The topological polar surface area (TPSA) is 39.1 Å². The first kappa shape index (κ1) is 16.0. The van der Waals surface area contributed by atoms with Crippen molar-refractivity contribution in [3.63, 3.8) is 0 Å². The van der Waals surface area contributed by atoms with E-state index in [1.54, 1.807) is 0 Å². The summed E-state index contributed by atoms with van der Waals surface area (Å²) in [6.45, 7) is 5.64. The molecule has 1 atom stereocenters. The van der Waals surface area contributed by atoms with Gasteiger partial charge < -0.3 is 10.1 Å². The van der Waals surface area contributed by atoms with E-state index in [0.29, 0.717) is 6.61 Å². The van der Waals surface area contributed by atoms with Crippen molar-refractivity contribution in [1.29, 1.82) is 0 Å². The molecule has 1 aromatic rings. The number of aromatic nitrogens is 2. The number of rotatable bonds is 10. The molecule has 6 heteroatoms. The minimum atomic E-state index is -2.39. The summed E-state index contributed by atoms with van der Waals surface area (Å²) in [4.78, 5) is 0. The van der Waals surface area contributed by atoms with Crippen molar-refractivity contribution in [2.24, 2.45) is 0 Å². The first-order valence-corrected chi connectivity index (χ1v) is 6.76. The van der Waals surface area contributed by atoms with Crippen LogP contribution in [0.3, 0.4) is 0 Å². The summed E-state index contributed by atoms with van der Waals surface area (Å²) in [6, 6.07) is 0.233. The molecule has 0 aliphatic rings. The summed E-state index contributed by atoms with van der Waals surface area (Å²) in [5.74, 6) is 0. The summed E-state index contributed by atoms with van der Waals surface area (Å²) < 4.78 is 30.7. The smallest absolute Gasteiger partial charge is 0.261 e. The second kappa shape index (κ2) is 8.98. The number of alkyl halides is 2. The number of hydrogen-bond acceptors (Lipinski definition) is 3. The van der Waals surface area contributed by atoms with Crippen molar-refractivity contribution in [1.82, 2.24) is 15.1 Å². The van der Waals surface area contributed by atoms with Crippen LogP contribution in [-0.2, 0) is 17.7 Å². The number of halogens is 2. The summed E-state index contributed by atoms with van der Waals surface area (Å²) in [5.41, 5.74) is 1.15. The lowest BCUT2D eigenvalue weighted by Gasteiger charge is -2.17. The summed E-state index contributed by atoms with van der Waals surface area (Å²) in [5, 5.41) is 7.57. The van der Waals surface area contributed by atoms with Crippen molar-refractivity contribution >= 4 is 0 Å². The van der Waals surface area contributed by atoms with E-state index in [-0.39, 0.29) is 6.04 Å². The third-order valence-electron chi connectivity index (χ3n) is 2.84. The lowest BCUT2D eigenvalue weighted by molar-refractivity contribution is 0.0144. The van der Waals surface area contributed by atoms with Gasteiger partial charge in [-0.15, -0.1) is 0 Å². The van der Waals surface area contributed by atoms with E-state index in [9.17, 15) is 8.78 Å². The van der Waals surface area contributed by atoms with Gasteiger partial charge in [0.1, 0.15) is 6.61 Å². The summed E-state index contributed by atoms with van der Waals surface area (Å²) >= 11 is 0. The molecule has 0 radical (unpaired) electrons. The molecule has 0 amide bonds. The van der Waals surface area contributed by atoms with Crippen LogP contribution in [0, 0.1) is 0 Å². The molecular weight excluding hydrogens is 252 g/mol. The summed E-state index contributed by atoms with van der Waals surface area (Å²) in [7, 11) is 0. The van der Waals surface area contributed by atoms with Crippen LogP contribution in [0.1, 0.15) is 25.8 Å². The number of aryl methyl sites for hydroxylation is 1. The molecule has 1 aromatic heterocycles. The third-order valence-corrected chi connectivity index (χ3v) is 2.84. The fourth-order valence-corrected chi connectivity index (χ4v) is 1.93. The molecule has 0 bridgehead atoms. The number of hydrogen-bond donors (Lipinski definition) is 1. The Bertz CT molecular complexity index is 344. The van der Waals surface area contributed by atoms with E-state index < -0.39 is 13.0 Å². The molecule has 110 valence electrons. The van der Waals surface area contributed by atoms with Crippen LogP contribution >= 0.6 is 0 Å². The maximum absolute atomic E-state index is 11.9. The quantitative estimate of drug-likeness (QED) is 0.665. The lowest BCUT2D eigenvalue weighted by atomic mass is 10.1. The van der Waals surface area contributed by atoms with E-state index >= 15 is 0 Å². The molecule has 0 spiro atoms. The van der Waals surface area contributed by atoms with E-state index in [1.807, 2.05) is 30.9 Å². The largest absolute Gasteiger partial charge is 0.375 e. The Balaban J connectivity index is 2.34. The van der Waals surface area contributed by atoms with Gasteiger partial charge in [-0.25, -0.2) is 8.78 Å². The molecule has 1 N–H and O–H groups in total. The fourth-order valence-electron chi connectivity index (χ4n) is 1.93. The zero-order valence-electron chi connectivity index (χ0n) is 11.6. The van der Waals surface area contributed by atoms with Crippen molar-refractivity contribution in [2.75, 3.05) is 19.8 Å². The van der Waals surface area contributed by atoms with E-state index in [1.165, 1.54) is 0 Å². The van der Waals surface area contributed by atoms with Crippen LogP contribution in [0.2, 0.25) is 0 Å². The second-order valence-corrected chi connectivity index (χ2v) is 4.42. The van der Waals surface area contributed by atoms with E-state index in [0.717, 1.165) is 31.5 Å². The molecule has 0 aliphatic carbocycles. The fraction of sp³-hybridized carbons (Fsp3) is 0.769. The van der Waals surface area contributed by atoms with Crippen molar-refractivity contribution in [2.45, 2.75) is 45.7 Å². The average molecular weight is 275 g/mol. The highest BCUT2D eigenvalue weighted by Gasteiger charge is 2.10. The highest BCUT2D eigenvalue weighted by molar-refractivity contribution is 5.06. The Morgan fingerprint density at radius 2 is 2.21 bits per heavy atom. The Morgan fingerprint density at radius 1 is 1.42 bits per heavy atom. The van der Waals surface area contributed by atoms with Crippen LogP contribution in [0.25, 0.3) is 0 Å². The first-order valence-electron chi connectivity index (χ1n) is 6.76. The van der Waals surface area contributed by atoms with Crippen LogP contribution in [0.15, 0.2) is 12.4 Å². The van der Waals surface area contributed by atoms with Crippen LogP contribution in [0.5, 0.6) is 0 Å². The normalized spacial score (nSPS) is 13.1. The molecule has 1 unspecified atom stereocenters. The number of ether oxygens (including phenoxy) is 1. The Kier molecular flexibility index (Phi) is 7.59. The maximum atomic E-state index is 11.9. The number of nitrogens with one attached hydrogen (secondary N) is 1. The van der Waals surface area contributed by atoms with Crippen molar-refractivity contribution in [3.8, 4) is 0 Å². The summed E-state index contributed by atoms with van der Waals surface area (Å²) in [6.07, 6.45) is 3.04. The van der Waals surface area contributed by atoms with Gasteiger partial charge in [0.05, 0.1) is 6.20 Å². The monoisotopic (exact) mass is 275 g/mol. The predicted molar refractivity (Wildman–Crippen MR) is 70.5 cm³/mol. The number of likely N-dealkylation sites (N-methyl/N-ethyl adjacent to an activating group) is 1. The first-order chi connectivity index (χ1) is 9.15. The molecule has 0 fully saturated rings. The maximum Gasteiger partial charge on any atom is 0.261 e. The lowest BCUT2D eigenvalue weighted by Crippen LogP contribution is -2.32. The molecule has 0 aromatic carbocycles. The van der Waals surface area contributed by atoms with E-state index in [2.05, 4.69) is 10.4 Å². The number of nitrogens with zero attached hydrogens (tertiary/aromatic N) is 2. The van der Waals surface area contributed by atoms with Gasteiger partial charge in [-0.2, -0.15) is 5.10 Å². The molecular formula is C13H23F2N3O. The van der Waals surface area contributed by atoms with Gasteiger partial charge in [-0.3, -0.25) is 4.68 Å². The van der Waals surface area contributed by atoms with Gasteiger partial charge in [0.15, 0.2) is 0 Å². The zero-order valence-corrected chi connectivity index (χ0v) is 11.6. The van der Waals surface area contributed by atoms with Gasteiger partial charge in [0, 0.05) is 25.4 Å². The van der Waals surface area contributed by atoms with Gasteiger partial charge >= 0.3 is 0 Å². The molecule has 0 aliphatic heterocycles. The standard InChI is InChI=1S/C13H23F2N3O/c1-3-16-12(5-6-19-10-13(14)15)7-11-8-17-18(4-2)9-11/h8-9,12-13,16H,3-7,10H2,1-2H3. The SMILES string of the molecule is CCNC(CCOCC(F)F)Cc1cnn(CC)c1. The van der Waals surface area contributed by atoms with Crippen molar-refractivity contribution in [3.05, 3.63) is 18.0 Å². The van der Waals surface area contributed by atoms with Gasteiger partial charge in [-0.1, -0.05) is 6.92 Å². The Labute approximate surface area is 113 Å².